The fourth-order valence-electron chi connectivity index (χ4n) is 4.14. The molecule has 1 unspecified atom stereocenters. The average molecular weight is 366 g/mol. The first-order valence-corrected chi connectivity index (χ1v) is 9.44. The minimum Gasteiger partial charge on any atom is -0.342 e. The van der Waals surface area contributed by atoms with Gasteiger partial charge in [-0.3, -0.25) is 9.59 Å². The molecule has 140 valence electrons. The van der Waals surface area contributed by atoms with E-state index in [0.29, 0.717) is 18.7 Å². The van der Waals surface area contributed by atoms with Crippen molar-refractivity contribution in [3.63, 3.8) is 0 Å². The van der Waals surface area contributed by atoms with E-state index in [0.717, 1.165) is 24.9 Å². The van der Waals surface area contributed by atoms with Crippen LogP contribution in [-0.4, -0.2) is 29.8 Å². The van der Waals surface area contributed by atoms with Crippen molar-refractivity contribution in [1.29, 1.82) is 0 Å². The Labute approximate surface area is 158 Å². The summed E-state index contributed by atoms with van der Waals surface area (Å²) >= 11 is 0. The van der Waals surface area contributed by atoms with Crippen LogP contribution in [0.5, 0.6) is 0 Å². The highest BCUT2D eigenvalue weighted by atomic mass is 19.1. The van der Waals surface area contributed by atoms with Crippen LogP contribution in [0.1, 0.15) is 24.8 Å². The highest BCUT2D eigenvalue weighted by molar-refractivity contribution is 5.95. The number of hydrogen-bond acceptors (Lipinski definition) is 2. The molecule has 27 heavy (non-hydrogen) atoms. The standard InChI is InChI=1S/C22H23FN2O2/c23-19-9-5-4-6-16(19)14-20(26)25-12-10-22(11-13-25)15-18(22)21(27)24-17-7-2-1-3-8-17/h1-9,18H,10-15H2,(H,24,27). The zero-order valence-corrected chi connectivity index (χ0v) is 15.2. The van der Waals surface area contributed by atoms with E-state index in [-0.39, 0.29) is 35.4 Å². The molecule has 5 heteroatoms. The van der Waals surface area contributed by atoms with Crippen LogP contribution < -0.4 is 5.32 Å². The predicted molar refractivity (Wildman–Crippen MR) is 102 cm³/mol. The molecule has 0 aromatic heterocycles. The maximum atomic E-state index is 13.8. The Hall–Kier alpha value is -2.69. The third kappa shape index (κ3) is 3.72. The van der Waals surface area contributed by atoms with Gasteiger partial charge in [0.1, 0.15) is 5.82 Å². The Morgan fingerprint density at radius 1 is 1.04 bits per heavy atom. The first-order valence-electron chi connectivity index (χ1n) is 9.44. The molecule has 2 aromatic rings. The largest absolute Gasteiger partial charge is 0.342 e. The topological polar surface area (TPSA) is 49.4 Å². The van der Waals surface area contributed by atoms with Crippen molar-refractivity contribution in [3.05, 3.63) is 66.0 Å². The SMILES string of the molecule is O=C(Nc1ccccc1)C1CC12CCN(C(=O)Cc1ccccc1F)CC2. The number of carbonyl (C=O) groups excluding carboxylic acids is 2. The van der Waals surface area contributed by atoms with Crippen LogP contribution in [0.15, 0.2) is 54.6 Å². The molecule has 2 amide bonds. The van der Waals surface area contributed by atoms with Gasteiger partial charge in [0.15, 0.2) is 0 Å². The number of halogens is 1. The number of anilines is 1. The van der Waals surface area contributed by atoms with Crippen LogP contribution in [0.3, 0.4) is 0 Å². The van der Waals surface area contributed by atoms with Crippen LogP contribution in [0, 0.1) is 17.2 Å². The van der Waals surface area contributed by atoms with Crippen LogP contribution >= 0.6 is 0 Å². The molecule has 0 radical (unpaired) electrons. The van der Waals surface area contributed by atoms with Crippen molar-refractivity contribution >= 4 is 17.5 Å². The molecule has 1 atom stereocenters. The molecular formula is C22H23FN2O2. The predicted octanol–water partition coefficient (Wildman–Crippen LogP) is 3.64. The lowest BCUT2D eigenvalue weighted by Crippen LogP contribution is -2.41. The van der Waals surface area contributed by atoms with Gasteiger partial charge in [0.25, 0.3) is 0 Å². The molecule has 1 spiro atoms. The fraction of sp³-hybridized carbons (Fsp3) is 0.364. The van der Waals surface area contributed by atoms with Gasteiger partial charge in [-0.15, -0.1) is 0 Å². The van der Waals surface area contributed by atoms with E-state index in [4.69, 9.17) is 0 Å². The van der Waals surface area contributed by atoms with Gasteiger partial charge in [-0.1, -0.05) is 36.4 Å². The van der Waals surface area contributed by atoms with Crippen LogP contribution in [0.25, 0.3) is 0 Å². The number of carbonyl (C=O) groups is 2. The summed E-state index contributed by atoms with van der Waals surface area (Å²) in [5.74, 6) is -0.270. The van der Waals surface area contributed by atoms with Crippen LogP contribution in [0.2, 0.25) is 0 Å². The highest BCUT2D eigenvalue weighted by Gasteiger charge is 2.58. The molecule has 4 nitrogen and oxygen atoms in total. The Bertz CT molecular complexity index is 844. The molecule has 0 bridgehead atoms. The third-order valence-electron chi connectivity index (χ3n) is 5.96. The monoisotopic (exact) mass is 366 g/mol. The van der Waals surface area contributed by atoms with Gasteiger partial charge in [-0.05, 0) is 48.4 Å². The molecule has 4 rings (SSSR count). The number of para-hydroxylation sites is 1. The molecule has 1 saturated carbocycles. The van der Waals surface area contributed by atoms with Crippen LogP contribution in [0.4, 0.5) is 10.1 Å². The lowest BCUT2D eigenvalue weighted by molar-refractivity contribution is -0.132. The van der Waals surface area contributed by atoms with Crippen molar-refractivity contribution in [2.75, 3.05) is 18.4 Å². The second-order valence-corrected chi connectivity index (χ2v) is 7.62. The Kier molecular flexibility index (Phi) is 4.68. The van der Waals surface area contributed by atoms with Crippen molar-refractivity contribution < 1.29 is 14.0 Å². The summed E-state index contributed by atoms with van der Waals surface area (Å²) in [5.41, 5.74) is 1.30. The first-order chi connectivity index (χ1) is 13.1. The number of likely N-dealkylation sites (tertiary alicyclic amines) is 1. The van der Waals surface area contributed by atoms with Gasteiger partial charge in [0, 0.05) is 24.7 Å². The summed E-state index contributed by atoms with van der Waals surface area (Å²) in [5, 5.41) is 2.99. The van der Waals surface area contributed by atoms with Gasteiger partial charge in [0.05, 0.1) is 6.42 Å². The summed E-state index contributed by atoms with van der Waals surface area (Å²) in [6.07, 6.45) is 2.66. The van der Waals surface area contributed by atoms with Crippen molar-refractivity contribution in [3.8, 4) is 0 Å². The molecule has 1 aliphatic carbocycles. The molecule has 2 aliphatic rings. The van der Waals surface area contributed by atoms with Crippen molar-refractivity contribution in [2.45, 2.75) is 25.7 Å². The molecule has 2 fully saturated rings. The zero-order valence-electron chi connectivity index (χ0n) is 15.2. The molecule has 1 saturated heterocycles. The van der Waals surface area contributed by atoms with E-state index < -0.39 is 0 Å². The van der Waals surface area contributed by atoms with E-state index in [9.17, 15) is 14.0 Å². The second kappa shape index (κ2) is 7.14. The molecule has 2 aromatic carbocycles. The highest BCUT2D eigenvalue weighted by Crippen LogP contribution is 2.59. The van der Waals surface area contributed by atoms with E-state index >= 15 is 0 Å². The molecule has 1 aliphatic heterocycles. The first kappa shape index (κ1) is 17.7. The Morgan fingerprint density at radius 3 is 2.41 bits per heavy atom. The number of nitrogens with zero attached hydrogens (tertiary/aromatic N) is 1. The van der Waals surface area contributed by atoms with Crippen molar-refractivity contribution in [2.24, 2.45) is 11.3 Å². The zero-order chi connectivity index (χ0) is 18.9. The number of amides is 2. The number of piperidine rings is 1. The van der Waals surface area contributed by atoms with Gasteiger partial charge in [0.2, 0.25) is 11.8 Å². The number of nitrogens with one attached hydrogen (secondary N) is 1. The van der Waals surface area contributed by atoms with Crippen molar-refractivity contribution in [1.82, 2.24) is 4.90 Å². The summed E-state index contributed by atoms with van der Waals surface area (Å²) in [6.45, 7) is 1.28. The van der Waals surface area contributed by atoms with Gasteiger partial charge >= 0.3 is 0 Å². The Balaban J connectivity index is 1.30. The summed E-state index contributed by atoms with van der Waals surface area (Å²) in [6, 6.07) is 15.9. The maximum absolute atomic E-state index is 13.8. The van der Waals surface area contributed by atoms with E-state index in [1.807, 2.05) is 35.2 Å². The second-order valence-electron chi connectivity index (χ2n) is 7.62. The average Bonchev–Trinajstić information content (AvgIpc) is 3.38. The lowest BCUT2D eigenvalue weighted by Gasteiger charge is -2.33. The normalized spacial score (nSPS) is 20.3. The minimum atomic E-state index is -0.334. The fourth-order valence-corrected chi connectivity index (χ4v) is 4.14. The molecular weight excluding hydrogens is 343 g/mol. The number of hydrogen-bond donors (Lipinski definition) is 1. The van der Waals surface area contributed by atoms with E-state index in [1.165, 1.54) is 6.07 Å². The quantitative estimate of drug-likeness (QED) is 0.898. The van der Waals surface area contributed by atoms with Gasteiger partial charge in [-0.2, -0.15) is 0 Å². The summed E-state index contributed by atoms with van der Waals surface area (Å²) in [4.78, 5) is 26.8. The Morgan fingerprint density at radius 2 is 1.70 bits per heavy atom. The summed E-state index contributed by atoms with van der Waals surface area (Å²) in [7, 11) is 0. The van der Waals surface area contributed by atoms with Crippen LogP contribution in [-0.2, 0) is 16.0 Å². The van der Waals surface area contributed by atoms with Gasteiger partial charge in [-0.25, -0.2) is 4.39 Å². The third-order valence-corrected chi connectivity index (χ3v) is 5.96. The van der Waals surface area contributed by atoms with E-state index in [2.05, 4.69) is 5.32 Å². The summed E-state index contributed by atoms with van der Waals surface area (Å²) < 4.78 is 13.8. The lowest BCUT2D eigenvalue weighted by atomic mass is 9.90. The minimum absolute atomic E-state index is 0.0292. The van der Waals surface area contributed by atoms with E-state index in [1.54, 1.807) is 18.2 Å². The smallest absolute Gasteiger partial charge is 0.228 e. The van der Waals surface area contributed by atoms with Gasteiger partial charge < -0.3 is 10.2 Å². The number of rotatable bonds is 4. The number of benzene rings is 2. The molecule has 1 N–H and O–H groups in total. The maximum Gasteiger partial charge on any atom is 0.228 e. The molecule has 1 heterocycles.